The van der Waals surface area contributed by atoms with Crippen molar-refractivity contribution < 1.29 is 5.11 Å². The summed E-state index contributed by atoms with van der Waals surface area (Å²) in [5, 5.41) is 13.4. The van der Waals surface area contributed by atoms with Crippen LogP contribution in [0.4, 0.5) is 0 Å². The Morgan fingerprint density at radius 1 is 0.667 bits per heavy atom. The van der Waals surface area contributed by atoms with Crippen molar-refractivity contribution in [1.82, 2.24) is 0 Å². The first-order valence-corrected chi connectivity index (χ1v) is 16.6. The lowest BCUT2D eigenvalue weighted by Crippen LogP contribution is -2.48. The monoisotopic (exact) mass is 518 g/mol. The minimum Gasteiger partial charge on any atom is -0.508 e. The van der Waals surface area contributed by atoms with Gasteiger partial charge in [-0.05, 0) is 66.9 Å². The van der Waals surface area contributed by atoms with E-state index in [-0.39, 0.29) is 21.8 Å². The Bertz CT molecular complexity index is 1270. The molecule has 36 heavy (non-hydrogen) atoms. The minimum atomic E-state index is -2.33. The fraction of sp³-hybridized carbons (Fsp3) is 0.455. The molecule has 0 saturated carbocycles. The highest BCUT2D eigenvalue weighted by Crippen LogP contribution is 2.51. The molecule has 0 spiro atoms. The number of fused-ring (bicyclic) bond motifs is 3. The molecule has 3 aromatic carbocycles. The van der Waals surface area contributed by atoms with Crippen molar-refractivity contribution in [1.29, 1.82) is 0 Å². The van der Waals surface area contributed by atoms with Crippen LogP contribution in [0.15, 0.2) is 48.5 Å². The molecule has 0 unspecified atom stereocenters. The van der Waals surface area contributed by atoms with Crippen LogP contribution in [-0.4, -0.2) is 13.2 Å². The molecule has 0 aliphatic heterocycles. The average Bonchev–Trinajstić information content (AvgIpc) is 3.06. The van der Waals surface area contributed by atoms with Gasteiger partial charge in [-0.15, -0.1) is 0 Å². The Labute approximate surface area is 224 Å². The van der Waals surface area contributed by atoms with Crippen molar-refractivity contribution in [2.45, 2.75) is 97.2 Å². The summed E-state index contributed by atoms with van der Waals surface area (Å²) < 4.78 is 0. The third-order valence-corrected chi connectivity index (χ3v) is 12.1. The first-order chi connectivity index (χ1) is 16.3. The molecule has 192 valence electrons. The minimum absolute atomic E-state index is 0.0637. The van der Waals surface area contributed by atoms with Crippen molar-refractivity contribution >= 4 is 24.9 Å². The topological polar surface area (TPSA) is 20.2 Å². The quantitative estimate of drug-likeness (QED) is 0.335. The number of benzene rings is 3. The van der Waals surface area contributed by atoms with Crippen LogP contribution in [0.2, 0.25) is 18.1 Å². The number of rotatable bonds is 2. The summed E-state index contributed by atoms with van der Waals surface area (Å²) in [6, 6.07) is 18.1. The van der Waals surface area contributed by atoms with E-state index in [0.717, 1.165) is 10.8 Å². The number of hydrogen-bond donors (Lipinski definition) is 1. The summed E-state index contributed by atoms with van der Waals surface area (Å²) in [5.41, 5.74) is 9.26. The maximum absolute atomic E-state index is 11.7. The molecular formula is C33H43ClOSi. The van der Waals surface area contributed by atoms with Crippen LogP contribution in [-0.2, 0) is 16.2 Å². The lowest BCUT2D eigenvalue weighted by Gasteiger charge is -2.35. The largest absolute Gasteiger partial charge is 0.508 e. The van der Waals surface area contributed by atoms with Gasteiger partial charge in [-0.25, -0.2) is 0 Å². The third-order valence-electron chi connectivity index (χ3n) is 8.05. The molecule has 1 aliphatic carbocycles. The Balaban J connectivity index is 2.04. The predicted octanol–water partition coefficient (Wildman–Crippen LogP) is 9.21. The fourth-order valence-electron chi connectivity index (χ4n) is 5.79. The Morgan fingerprint density at radius 2 is 1.11 bits per heavy atom. The zero-order chi connectivity index (χ0) is 27.0. The lowest BCUT2D eigenvalue weighted by atomic mass is 9.85. The highest BCUT2D eigenvalue weighted by atomic mass is 35.5. The zero-order valence-electron chi connectivity index (χ0n) is 24.0. The van der Waals surface area contributed by atoms with E-state index in [2.05, 4.69) is 112 Å². The molecular weight excluding hydrogens is 476 g/mol. The zero-order valence-corrected chi connectivity index (χ0v) is 25.8. The molecule has 0 aromatic heterocycles. The second-order valence-corrected chi connectivity index (χ2v) is 19.4. The van der Waals surface area contributed by atoms with Crippen LogP contribution >= 0.6 is 11.6 Å². The van der Waals surface area contributed by atoms with E-state index in [1.807, 2.05) is 12.1 Å². The summed E-state index contributed by atoms with van der Waals surface area (Å²) in [5.74, 6) is 0.428. The number of phenolic OH excluding ortho intramolecular Hbond substituents is 1. The van der Waals surface area contributed by atoms with Gasteiger partial charge in [0.05, 0.1) is 8.07 Å². The number of halogens is 1. The molecule has 0 radical (unpaired) electrons. The van der Waals surface area contributed by atoms with E-state index in [1.165, 1.54) is 33.4 Å². The van der Waals surface area contributed by atoms with Crippen molar-refractivity contribution in [2.75, 3.05) is 0 Å². The van der Waals surface area contributed by atoms with Crippen molar-refractivity contribution in [3.8, 4) is 16.9 Å². The Morgan fingerprint density at radius 3 is 1.50 bits per heavy atom. The van der Waals surface area contributed by atoms with Gasteiger partial charge in [0.2, 0.25) is 0 Å². The van der Waals surface area contributed by atoms with E-state index >= 15 is 0 Å². The standard InChI is InChI=1S/C33H43ClOSi/c1-31(2,3)20-12-14-23-24-15-13-21(32(4,5)6)17-26(24)30(25(23)16-20)36(10,11)28-19-22(34)18-27(29(28)35)33(7,8)9/h12-19,30,35H,1-11H3. The Kier molecular flexibility index (Phi) is 6.38. The normalized spacial score (nSPS) is 14.7. The van der Waals surface area contributed by atoms with Crippen LogP contribution in [0.25, 0.3) is 11.1 Å². The van der Waals surface area contributed by atoms with Gasteiger partial charge < -0.3 is 5.11 Å². The molecule has 0 bridgehead atoms. The lowest BCUT2D eigenvalue weighted by molar-refractivity contribution is 0.450. The number of phenols is 1. The first-order valence-electron chi connectivity index (χ1n) is 13.2. The molecule has 0 atom stereocenters. The van der Waals surface area contributed by atoms with Gasteiger partial charge in [0.25, 0.3) is 0 Å². The molecule has 0 saturated heterocycles. The molecule has 0 amide bonds. The molecule has 3 aromatic rings. The summed E-state index contributed by atoms with van der Waals surface area (Å²) in [7, 11) is -2.33. The van der Waals surface area contributed by atoms with Gasteiger partial charge >= 0.3 is 0 Å². The van der Waals surface area contributed by atoms with Gasteiger partial charge in [-0.1, -0.05) is 123 Å². The smallest absolute Gasteiger partial charge is 0.118 e. The van der Waals surface area contributed by atoms with Crippen molar-refractivity contribution in [3.63, 3.8) is 0 Å². The summed E-state index contributed by atoms with van der Waals surface area (Å²) >= 11 is 6.72. The predicted molar refractivity (Wildman–Crippen MR) is 160 cm³/mol. The second kappa shape index (κ2) is 8.50. The highest BCUT2D eigenvalue weighted by Gasteiger charge is 2.45. The van der Waals surface area contributed by atoms with E-state index in [9.17, 15) is 5.11 Å². The molecule has 0 fully saturated rings. The van der Waals surface area contributed by atoms with Crippen molar-refractivity contribution in [3.05, 3.63) is 81.4 Å². The molecule has 4 rings (SSSR count). The molecule has 0 heterocycles. The maximum atomic E-state index is 11.7. The van der Waals surface area contributed by atoms with Crippen LogP contribution in [0.5, 0.6) is 5.75 Å². The van der Waals surface area contributed by atoms with E-state index in [4.69, 9.17) is 11.6 Å². The van der Waals surface area contributed by atoms with Gasteiger partial charge in [-0.3, -0.25) is 0 Å². The van der Waals surface area contributed by atoms with Crippen molar-refractivity contribution in [2.24, 2.45) is 0 Å². The van der Waals surface area contributed by atoms with E-state index in [0.29, 0.717) is 10.8 Å². The SMILES string of the molecule is CC(C)(C)c1ccc2c(c1)C([Si](C)(C)c1cc(Cl)cc(C(C)(C)C)c1O)c1cc(C(C)(C)C)ccc1-2. The summed E-state index contributed by atoms with van der Waals surface area (Å²) in [6.07, 6.45) is 0. The fourth-order valence-corrected chi connectivity index (χ4v) is 9.72. The second-order valence-electron chi connectivity index (χ2n) is 14.4. The van der Waals surface area contributed by atoms with Crippen LogP contribution in [0.1, 0.15) is 95.7 Å². The molecule has 1 nitrogen and oxygen atoms in total. The van der Waals surface area contributed by atoms with Gasteiger partial charge in [0.1, 0.15) is 5.75 Å². The van der Waals surface area contributed by atoms with Gasteiger partial charge in [-0.2, -0.15) is 0 Å². The van der Waals surface area contributed by atoms with Gasteiger partial charge in [0, 0.05) is 16.1 Å². The first kappa shape index (κ1) is 27.0. The van der Waals surface area contributed by atoms with E-state index in [1.54, 1.807) is 0 Å². The summed E-state index contributed by atoms with van der Waals surface area (Å²) in [4.78, 5) is 0. The highest BCUT2D eigenvalue weighted by molar-refractivity contribution is 6.92. The maximum Gasteiger partial charge on any atom is 0.118 e. The molecule has 1 N–H and O–H groups in total. The van der Waals surface area contributed by atoms with Crippen LogP contribution in [0.3, 0.4) is 0 Å². The van der Waals surface area contributed by atoms with E-state index < -0.39 is 8.07 Å². The van der Waals surface area contributed by atoms with Crippen LogP contribution < -0.4 is 5.19 Å². The summed E-state index contributed by atoms with van der Waals surface area (Å²) in [6.45, 7) is 24.9. The van der Waals surface area contributed by atoms with Crippen LogP contribution in [0, 0.1) is 0 Å². The molecule has 3 heteroatoms. The number of hydrogen-bond acceptors (Lipinski definition) is 1. The average molecular weight is 519 g/mol. The number of aromatic hydroxyl groups is 1. The Hall–Kier alpha value is -2.03. The third kappa shape index (κ3) is 4.56. The molecule has 1 aliphatic rings. The van der Waals surface area contributed by atoms with Gasteiger partial charge in [0.15, 0.2) is 0 Å².